The van der Waals surface area contributed by atoms with E-state index in [9.17, 15) is 8.78 Å². The fourth-order valence-electron chi connectivity index (χ4n) is 1.34. The predicted octanol–water partition coefficient (Wildman–Crippen LogP) is 1.93. The molecule has 1 aromatic heterocycles. The van der Waals surface area contributed by atoms with E-state index in [4.69, 9.17) is 5.73 Å². The number of aromatic nitrogens is 2. The Bertz CT molecular complexity index is 514. The number of hydrogen-bond donors (Lipinski definition) is 1. The Kier molecular flexibility index (Phi) is 2.76. The molecule has 1 heterocycles. The van der Waals surface area contributed by atoms with E-state index in [2.05, 4.69) is 9.97 Å². The van der Waals surface area contributed by atoms with Gasteiger partial charge in [0.25, 0.3) is 0 Å². The summed E-state index contributed by atoms with van der Waals surface area (Å²) in [5.74, 6) is -0.473. The van der Waals surface area contributed by atoms with E-state index >= 15 is 0 Å². The zero-order valence-electron chi connectivity index (χ0n) is 8.32. The van der Waals surface area contributed by atoms with Gasteiger partial charge in [0, 0.05) is 18.7 Å². The van der Waals surface area contributed by atoms with Crippen LogP contribution in [0, 0.1) is 11.6 Å². The molecule has 0 saturated heterocycles. The summed E-state index contributed by atoms with van der Waals surface area (Å²) in [5.41, 5.74) is 5.81. The molecule has 0 aliphatic carbocycles. The van der Waals surface area contributed by atoms with Crippen molar-refractivity contribution in [1.29, 1.82) is 0 Å². The van der Waals surface area contributed by atoms with Crippen molar-refractivity contribution in [3.05, 3.63) is 53.5 Å². The number of nitrogens with two attached hydrogens (primary N) is 1. The van der Waals surface area contributed by atoms with Crippen molar-refractivity contribution in [2.75, 3.05) is 5.73 Å². The molecule has 1 aromatic carbocycles. The van der Waals surface area contributed by atoms with E-state index in [-0.39, 0.29) is 6.42 Å². The number of halogens is 2. The van der Waals surface area contributed by atoms with E-state index in [0.29, 0.717) is 17.2 Å². The second-order valence-electron chi connectivity index (χ2n) is 3.31. The number of nitrogen functional groups attached to an aromatic ring is 1. The summed E-state index contributed by atoms with van der Waals surface area (Å²) in [6.45, 7) is 0. The highest BCUT2D eigenvalue weighted by Crippen LogP contribution is 2.12. The van der Waals surface area contributed by atoms with Crippen molar-refractivity contribution in [1.82, 2.24) is 9.97 Å². The van der Waals surface area contributed by atoms with Gasteiger partial charge in [-0.05, 0) is 17.7 Å². The van der Waals surface area contributed by atoms with Gasteiger partial charge < -0.3 is 5.73 Å². The number of benzene rings is 1. The zero-order chi connectivity index (χ0) is 11.5. The molecular weight excluding hydrogens is 212 g/mol. The van der Waals surface area contributed by atoms with Gasteiger partial charge in [0.1, 0.15) is 23.3 Å². The number of hydrogen-bond acceptors (Lipinski definition) is 3. The van der Waals surface area contributed by atoms with Crippen LogP contribution in [0.25, 0.3) is 0 Å². The van der Waals surface area contributed by atoms with Gasteiger partial charge in [0.15, 0.2) is 0 Å². The molecule has 5 heteroatoms. The molecule has 0 spiro atoms. The maximum atomic E-state index is 13.3. The average molecular weight is 221 g/mol. The highest BCUT2D eigenvalue weighted by Gasteiger charge is 2.06. The van der Waals surface area contributed by atoms with Crippen LogP contribution < -0.4 is 5.73 Å². The van der Waals surface area contributed by atoms with E-state index in [1.165, 1.54) is 18.3 Å². The predicted molar refractivity (Wildman–Crippen MR) is 55.6 cm³/mol. The summed E-state index contributed by atoms with van der Waals surface area (Å²) in [5, 5.41) is 0. The Morgan fingerprint density at radius 3 is 2.69 bits per heavy atom. The molecule has 0 radical (unpaired) electrons. The first-order valence-corrected chi connectivity index (χ1v) is 4.66. The summed E-state index contributed by atoms with van der Waals surface area (Å²) in [7, 11) is 0. The standard InChI is InChI=1S/C11H9F2N3/c12-8-2-1-7(9(13)6-8)5-11-15-4-3-10(14)16-11/h1-4,6H,5H2,(H2,14,15,16). The molecule has 0 bridgehead atoms. The molecule has 16 heavy (non-hydrogen) atoms. The van der Waals surface area contributed by atoms with E-state index in [1.54, 1.807) is 6.07 Å². The van der Waals surface area contributed by atoms with Gasteiger partial charge in [0.2, 0.25) is 0 Å². The lowest BCUT2D eigenvalue weighted by molar-refractivity contribution is 0.573. The average Bonchev–Trinajstić information content (AvgIpc) is 2.22. The van der Waals surface area contributed by atoms with Gasteiger partial charge in [-0.2, -0.15) is 0 Å². The van der Waals surface area contributed by atoms with Crippen molar-refractivity contribution in [2.45, 2.75) is 6.42 Å². The topological polar surface area (TPSA) is 51.8 Å². The molecule has 0 fully saturated rings. The monoisotopic (exact) mass is 221 g/mol. The van der Waals surface area contributed by atoms with E-state index in [0.717, 1.165) is 6.07 Å². The second-order valence-corrected chi connectivity index (χ2v) is 3.31. The Morgan fingerprint density at radius 1 is 1.19 bits per heavy atom. The maximum absolute atomic E-state index is 13.3. The van der Waals surface area contributed by atoms with Crippen LogP contribution in [0.2, 0.25) is 0 Å². The molecule has 82 valence electrons. The van der Waals surface area contributed by atoms with Crippen LogP contribution in [-0.2, 0) is 6.42 Å². The van der Waals surface area contributed by atoms with Crippen LogP contribution in [-0.4, -0.2) is 9.97 Å². The molecular formula is C11H9F2N3. The lowest BCUT2D eigenvalue weighted by Crippen LogP contribution is -2.01. The van der Waals surface area contributed by atoms with Gasteiger partial charge >= 0.3 is 0 Å². The SMILES string of the molecule is Nc1ccnc(Cc2ccc(F)cc2F)n1. The van der Waals surface area contributed by atoms with E-state index < -0.39 is 11.6 Å². The Hall–Kier alpha value is -2.04. The third kappa shape index (κ3) is 2.31. The first kappa shape index (κ1) is 10.5. The summed E-state index contributed by atoms with van der Waals surface area (Å²) in [6, 6.07) is 4.95. The third-order valence-electron chi connectivity index (χ3n) is 2.09. The number of rotatable bonds is 2. The van der Waals surface area contributed by atoms with Crippen molar-refractivity contribution in [2.24, 2.45) is 0 Å². The quantitative estimate of drug-likeness (QED) is 0.842. The first-order chi connectivity index (χ1) is 7.65. The lowest BCUT2D eigenvalue weighted by Gasteiger charge is -2.02. The molecule has 0 unspecified atom stereocenters. The van der Waals surface area contributed by atoms with Crippen LogP contribution >= 0.6 is 0 Å². The first-order valence-electron chi connectivity index (χ1n) is 4.66. The normalized spacial score (nSPS) is 10.4. The third-order valence-corrected chi connectivity index (χ3v) is 2.09. The molecule has 2 N–H and O–H groups in total. The summed E-state index contributed by atoms with van der Waals surface area (Å²) in [6.07, 6.45) is 1.69. The number of nitrogens with zero attached hydrogens (tertiary/aromatic N) is 2. The smallest absolute Gasteiger partial charge is 0.135 e. The summed E-state index contributed by atoms with van der Waals surface area (Å²) >= 11 is 0. The van der Waals surface area contributed by atoms with Gasteiger partial charge in [-0.3, -0.25) is 0 Å². The van der Waals surface area contributed by atoms with Crippen LogP contribution in [0.5, 0.6) is 0 Å². The molecule has 2 rings (SSSR count). The van der Waals surface area contributed by atoms with Gasteiger partial charge in [-0.1, -0.05) is 6.07 Å². The Morgan fingerprint density at radius 2 is 2.00 bits per heavy atom. The van der Waals surface area contributed by atoms with Crippen LogP contribution in [0.15, 0.2) is 30.5 Å². The fourth-order valence-corrected chi connectivity index (χ4v) is 1.34. The number of anilines is 1. The highest BCUT2D eigenvalue weighted by molar-refractivity contribution is 5.28. The fraction of sp³-hybridized carbons (Fsp3) is 0.0909. The second kappa shape index (κ2) is 4.22. The van der Waals surface area contributed by atoms with E-state index in [1.807, 2.05) is 0 Å². The molecule has 3 nitrogen and oxygen atoms in total. The Labute approximate surface area is 91.0 Å². The maximum Gasteiger partial charge on any atom is 0.135 e. The van der Waals surface area contributed by atoms with Gasteiger partial charge in [-0.25, -0.2) is 18.7 Å². The lowest BCUT2D eigenvalue weighted by atomic mass is 10.1. The minimum Gasteiger partial charge on any atom is -0.384 e. The van der Waals surface area contributed by atoms with Crippen molar-refractivity contribution >= 4 is 5.82 Å². The molecule has 2 aromatic rings. The molecule has 0 aliphatic rings. The zero-order valence-corrected chi connectivity index (χ0v) is 8.32. The van der Waals surface area contributed by atoms with Gasteiger partial charge in [-0.15, -0.1) is 0 Å². The van der Waals surface area contributed by atoms with Crippen LogP contribution in [0.3, 0.4) is 0 Å². The largest absolute Gasteiger partial charge is 0.384 e. The Balaban J connectivity index is 2.27. The minimum atomic E-state index is -0.606. The van der Waals surface area contributed by atoms with Crippen molar-refractivity contribution in [3.63, 3.8) is 0 Å². The van der Waals surface area contributed by atoms with Gasteiger partial charge in [0.05, 0.1) is 0 Å². The van der Waals surface area contributed by atoms with Crippen LogP contribution in [0.1, 0.15) is 11.4 Å². The molecule has 0 atom stereocenters. The summed E-state index contributed by atoms with van der Waals surface area (Å²) in [4.78, 5) is 7.89. The van der Waals surface area contributed by atoms with Crippen molar-refractivity contribution in [3.8, 4) is 0 Å². The molecule has 0 saturated carbocycles. The van der Waals surface area contributed by atoms with Crippen molar-refractivity contribution < 1.29 is 8.78 Å². The molecule has 0 aliphatic heterocycles. The highest BCUT2D eigenvalue weighted by atomic mass is 19.1. The van der Waals surface area contributed by atoms with Crippen LogP contribution in [0.4, 0.5) is 14.6 Å². The minimum absolute atomic E-state index is 0.192. The molecule has 0 amide bonds. The summed E-state index contributed by atoms with van der Waals surface area (Å²) < 4.78 is 26.0.